The van der Waals surface area contributed by atoms with Crippen molar-refractivity contribution in [1.29, 1.82) is 0 Å². The first-order valence-electron chi connectivity index (χ1n) is 9.35. The van der Waals surface area contributed by atoms with Gasteiger partial charge >= 0.3 is 0 Å². The van der Waals surface area contributed by atoms with Gasteiger partial charge in [-0.25, -0.2) is 0 Å². The number of nitrogens with one attached hydrogen (secondary N) is 1. The first-order chi connectivity index (χ1) is 13.7. The molecule has 138 valence electrons. The van der Waals surface area contributed by atoms with Crippen molar-refractivity contribution in [2.24, 2.45) is 0 Å². The Morgan fingerprint density at radius 1 is 0.821 bits per heavy atom. The molecule has 0 atom stereocenters. The third kappa shape index (κ3) is 2.83. The van der Waals surface area contributed by atoms with E-state index in [-0.39, 0.29) is 0 Å². The molecule has 0 radical (unpaired) electrons. The summed E-state index contributed by atoms with van der Waals surface area (Å²) in [6.45, 7) is 0.750. The monoisotopic (exact) mass is 383 g/mol. The van der Waals surface area contributed by atoms with Crippen LogP contribution < -0.4 is 16.8 Å². The molecule has 1 aliphatic carbocycles. The average Bonchev–Trinajstić information content (AvgIpc) is 3.33. The van der Waals surface area contributed by atoms with Crippen molar-refractivity contribution in [2.75, 3.05) is 16.8 Å². The molecule has 4 heteroatoms. The number of hydrogen-bond donors (Lipinski definition) is 3. The summed E-state index contributed by atoms with van der Waals surface area (Å²) in [6.07, 6.45) is 0.980. The van der Waals surface area contributed by atoms with E-state index in [1.807, 2.05) is 18.2 Å². The molecule has 0 saturated heterocycles. The van der Waals surface area contributed by atoms with Crippen molar-refractivity contribution in [3.05, 3.63) is 88.1 Å². The maximum Gasteiger partial charge on any atom is 0.0415 e. The van der Waals surface area contributed by atoms with E-state index in [1.165, 1.54) is 33.5 Å². The van der Waals surface area contributed by atoms with Crippen LogP contribution in [0.5, 0.6) is 0 Å². The minimum Gasteiger partial charge on any atom is -0.399 e. The summed E-state index contributed by atoms with van der Waals surface area (Å²) in [6, 6.07) is 20.9. The van der Waals surface area contributed by atoms with E-state index in [2.05, 4.69) is 58.5 Å². The fourth-order valence-electron chi connectivity index (χ4n) is 4.02. The smallest absolute Gasteiger partial charge is 0.0415 e. The number of hydrogen-bond acceptors (Lipinski definition) is 4. The van der Waals surface area contributed by atoms with Crippen LogP contribution in [0.1, 0.15) is 16.7 Å². The third-order valence-corrected chi connectivity index (χ3v) is 6.22. The Balaban J connectivity index is 1.44. The summed E-state index contributed by atoms with van der Waals surface area (Å²) < 4.78 is 0. The predicted octanol–water partition coefficient (Wildman–Crippen LogP) is 5.76. The van der Waals surface area contributed by atoms with E-state index in [1.54, 1.807) is 11.3 Å². The number of fused-ring (bicyclic) bond motifs is 3. The van der Waals surface area contributed by atoms with E-state index in [0.29, 0.717) is 0 Å². The molecule has 1 aliphatic rings. The maximum atomic E-state index is 6.21. The van der Waals surface area contributed by atoms with Crippen LogP contribution in [0, 0.1) is 0 Å². The molecule has 4 aromatic rings. The molecule has 0 fully saturated rings. The third-order valence-electron chi connectivity index (χ3n) is 5.43. The van der Waals surface area contributed by atoms with Gasteiger partial charge in [0.2, 0.25) is 0 Å². The van der Waals surface area contributed by atoms with Gasteiger partial charge in [-0.2, -0.15) is 11.3 Å². The minimum absolute atomic E-state index is 0.730. The van der Waals surface area contributed by atoms with Crippen LogP contribution in [0.3, 0.4) is 0 Å². The van der Waals surface area contributed by atoms with E-state index in [9.17, 15) is 0 Å². The molecule has 0 bridgehead atoms. The lowest BCUT2D eigenvalue weighted by Gasteiger charge is -2.13. The second-order valence-electron chi connectivity index (χ2n) is 7.18. The number of nitrogen functional groups attached to an aromatic ring is 2. The molecule has 28 heavy (non-hydrogen) atoms. The Bertz CT molecular complexity index is 1180. The summed E-state index contributed by atoms with van der Waals surface area (Å²) in [5.74, 6) is 0. The van der Waals surface area contributed by atoms with Crippen LogP contribution in [-0.4, -0.2) is 0 Å². The molecule has 3 aromatic carbocycles. The van der Waals surface area contributed by atoms with Gasteiger partial charge in [0.05, 0.1) is 0 Å². The van der Waals surface area contributed by atoms with E-state index in [0.717, 1.165) is 35.5 Å². The lowest BCUT2D eigenvalue weighted by atomic mass is 10.0. The van der Waals surface area contributed by atoms with Gasteiger partial charge in [-0.15, -0.1) is 0 Å². The normalized spacial score (nSPS) is 11.9. The largest absolute Gasteiger partial charge is 0.399 e. The summed E-state index contributed by atoms with van der Waals surface area (Å²) in [4.78, 5) is 0. The number of benzene rings is 3. The fraction of sp³-hybridized carbons (Fsp3) is 0.0833. The van der Waals surface area contributed by atoms with Crippen molar-refractivity contribution in [3.8, 4) is 22.3 Å². The molecule has 3 nitrogen and oxygen atoms in total. The SMILES string of the molecule is Nc1ccc(N)c(-c2cscc2CNc2cccc3c2Cc2ccccc2-3)c1. The molecule has 0 spiro atoms. The van der Waals surface area contributed by atoms with Crippen LogP contribution in [0.15, 0.2) is 71.4 Å². The van der Waals surface area contributed by atoms with Crippen LogP contribution >= 0.6 is 11.3 Å². The number of nitrogens with two attached hydrogens (primary N) is 2. The zero-order chi connectivity index (χ0) is 19.1. The molecule has 5 rings (SSSR count). The highest BCUT2D eigenvalue weighted by Gasteiger charge is 2.20. The molecule has 0 aliphatic heterocycles. The molecule has 5 N–H and O–H groups in total. The van der Waals surface area contributed by atoms with Crippen molar-refractivity contribution in [1.82, 2.24) is 0 Å². The van der Waals surface area contributed by atoms with Gasteiger partial charge in [0.25, 0.3) is 0 Å². The second-order valence-corrected chi connectivity index (χ2v) is 7.92. The average molecular weight is 384 g/mol. The van der Waals surface area contributed by atoms with Crippen LogP contribution in [0.25, 0.3) is 22.3 Å². The highest BCUT2D eigenvalue weighted by molar-refractivity contribution is 7.08. The molecular weight excluding hydrogens is 362 g/mol. The summed E-state index contributed by atoms with van der Waals surface area (Å²) in [7, 11) is 0. The maximum absolute atomic E-state index is 6.21. The Labute approximate surface area is 168 Å². The summed E-state index contributed by atoms with van der Waals surface area (Å²) in [5, 5.41) is 7.99. The number of anilines is 3. The topological polar surface area (TPSA) is 64.1 Å². The van der Waals surface area contributed by atoms with E-state index < -0.39 is 0 Å². The predicted molar refractivity (Wildman–Crippen MR) is 121 cm³/mol. The molecule has 1 aromatic heterocycles. The standard InChI is InChI=1S/C24H21N3S/c25-17-8-9-23(26)20(11-17)22-14-28-13-16(22)12-27-24-7-3-6-19-18-5-2-1-4-15(18)10-21(19)24/h1-9,11,13-14,27H,10,12,25-26H2. The Hall–Kier alpha value is -3.24. The number of thiophene rings is 1. The molecular formula is C24H21N3S. The lowest BCUT2D eigenvalue weighted by molar-refractivity contribution is 1.14. The van der Waals surface area contributed by atoms with Gasteiger partial charge in [0, 0.05) is 35.6 Å². The van der Waals surface area contributed by atoms with Crippen LogP contribution in [0.2, 0.25) is 0 Å². The quantitative estimate of drug-likeness (QED) is 0.346. The summed E-state index contributed by atoms with van der Waals surface area (Å²) >= 11 is 1.69. The highest BCUT2D eigenvalue weighted by atomic mass is 32.1. The molecule has 1 heterocycles. The zero-order valence-electron chi connectivity index (χ0n) is 15.4. The Morgan fingerprint density at radius 3 is 2.61 bits per heavy atom. The molecule has 0 saturated carbocycles. The Morgan fingerprint density at radius 2 is 1.68 bits per heavy atom. The van der Waals surface area contributed by atoms with Crippen LogP contribution in [0.4, 0.5) is 17.1 Å². The van der Waals surface area contributed by atoms with Crippen molar-refractivity contribution < 1.29 is 0 Å². The zero-order valence-corrected chi connectivity index (χ0v) is 16.2. The van der Waals surface area contributed by atoms with Gasteiger partial charge in [0.1, 0.15) is 0 Å². The first-order valence-corrected chi connectivity index (χ1v) is 10.3. The lowest BCUT2D eigenvalue weighted by Crippen LogP contribution is -2.03. The summed E-state index contributed by atoms with van der Waals surface area (Å²) in [5.41, 5.74) is 23.7. The minimum atomic E-state index is 0.730. The Kier molecular flexibility index (Phi) is 4.06. The van der Waals surface area contributed by atoms with Crippen molar-refractivity contribution in [3.63, 3.8) is 0 Å². The van der Waals surface area contributed by atoms with Crippen molar-refractivity contribution in [2.45, 2.75) is 13.0 Å². The highest BCUT2D eigenvalue weighted by Crippen LogP contribution is 2.40. The van der Waals surface area contributed by atoms with E-state index >= 15 is 0 Å². The number of rotatable bonds is 4. The second kappa shape index (κ2) is 6.73. The van der Waals surface area contributed by atoms with Gasteiger partial charge in [0.15, 0.2) is 0 Å². The first kappa shape index (κ1) is 16.9. The van der Waals surface area contributed by atoms with Gasteiger partial charge in [-0.3, -0.25) is 0 Å². The van der Waals surface area contributed by atoms with Gasteiger partial charge < -0.3 is 16.8 Å². The fourth-order valence-corrected chi connectivity index (χ4v) is 4.87. The van der Waals surface area contributed by atoms with Crippen molar-refractivity contribution >= 4 is 28.4 Å². The van der Waals surface area contributed by atoms with Gasteiger partial charge in [-0.05, 0) is 68.4 Å². The van der Waals surface area contributed by atoms with Gasteiger partial charge in [-0.1, -0.05) is 36.4 Å². The van der Waals surface area contributed by atoms with E-state index in [4.69, 9.17) is 11.5 Å². The molecule has 0 unspecified atom stereocenters. The molecule has 0 amide bonds. The van der Waals surface area contributed by atoms with Crippen LogP contribution in [-0.2, 0) is 13.0 Å².